The minimum atomic E-state index is -0.215. The van der Waals surface area contributed by atoms with Gasteiger partial charge in [0.2, 0.25) is 0 Å². The molecule has 0 unspecified atom stereocenters. The zero-order valence-electron chi connectivity index (χ0n) is 16.8. The van der Waals surface area contributed by atoms with Crippen molar-refractivity contribution in [3.05, 3.63) is 70.8 Å². The number of hydrogen-bond donors (Lipinski definition) is 1. The normalized spacial score (nSPS) is 14.8. The fraction of sp³-hybridized carbons (Fsp3) is 0.273. The van der Waals surface area contributed by atoms with Gasteiger partial charge in [0.1, 0.15) is 0 Å². The Morgan fingerprint density at radius 1 is 1.27 bits per heavy atom. The van der Waals surface area contributed by atoms with Crippen molar-refractivity contribution in [2.75, 3.05) is 6.54 Å². The predicted molar refractivity (Wildman–Crippen MR) is 115 cm³/mol. The Labute approximate surface area is 178 Å². The Hall–Kier alpha value is -3.19. The molecule has 0 saturated heterocycles. The van der Waals surface area contributed by atoms with Crippen LogP contribution in [0.15, 0.2) is 48.8 Å². The van der Waals surface area contributed by atoms with Gasteiger partial charge in [-0.3, -0.25) is 9.48 Å². The van der Waals surface area contributed by atoms with Gasteiger partial charge in [-0.1, -0.05) is 29.8 Å². The second-order valence-electron chi connectivity index (χ2n) is 7.84. The Kier molecular flexibility index (Phi) is 4.36. The molecule has 1 aliphatic rings. The molecule has 1 fully saturated rings. The highest BCUT2D eigenvalue weighted by Crippen LogP contribution is 2.49. The number of rotatable bonds is 5. The minimum Gasteiger partial charge on any atom is -0.350 e. The summed E-state index contributed by atoms with van der Waals surface area (Å²) < 4.78 is 3.50. The lowest BCUT2D eigenvalue weighted by Gasteiger charge is -2.17. The van der Waals surface area contributed by atoms with E-state index in [9.17, 15) is 4.79 Å². The van der Waals surface area contributed by atoms with Crippen molar-refractivity contribution < 1.29 is 4.79 Å². The van der Waals surface area contributed by atoms with Crippen LogP contribution >= 0.6 is 11.6 Å². The van der Waals surface area contributed by atoms with E-state index in [0.29, 0.717) is 17.9 Å². The quantitative estimate of drug-likeness (QED) is 0.535. The van der Waals surface area contributed by atoms with Crippen LogP contribution in [0.1, 0.15) is 34.6 Å². The van der Waals surface area contributed by atoms with E-state index in [1.807, 2.05) is 49.0 Å². The summed E-state index contributed by atoms with van der Waals surface area (Å²) in [7, 11) is 1.89. The predicted octanol–water partition coefficient (Wildman–Crippen LogP) is 3.55. The molecule has 1 aliphatic carbocycles. The number of carbonyl (C=O) groups is 1. The van der Waals surface area contributed by atoms with E-state index < -0.39 is 0 Å². The lowest BCUT2D eigenvalue weighted by molar-refractivity contribution is 0.0944. The minimum absolute atomic E-state index is 0.0800. The van der Waals surface area contributed by atoms with Crippen molar-refractivity contribution in [3.8, 4) is 11.3 Å². The molecule has 1 aromatic carbocycles. The standard InChI is InChI=1S/C22H21ClN6O/c1-14-15(12-26-28(14)2)19-7-10-24-20-11-18(27-29(19)20)21(30)25-13-22(8-9-22)16-5-3-4-6-17(16)23/h3-7,10-12H,8-9,13H2,1-2H3,(H,25,30). The Morgan fingerprint density at radius 2 is 2.07 bits per heavy atom. The van der Waals surface area contributed by atoms with Crippen LogP contribution in [0.25, 0.3) is 16.9 Å². The molecule has 5 rings (SSSR count). The van der Waals surface area contributed by atoms with Crippen LogP contribution in [-0.2, 0) is 12.5 Å². The third-order valence-electron chi connectivity index (χ3n) is 5.99. The molecule has 1 saturated carbocycles. The summed E-state index contributed by atoms with van der Waals surface area (Å²) in [5, 5.41) is 12.6. The largest absolute Gasteiger partial charge is 0.350 e. The fourth-order valence-corrected chi connectivity index (χ4v) is 4.22. The van der Waals surface area contributed by atoms with Crippen molar-refractivity contribution in [1.29, 1.82) is 0 Å². The van der Waals surface area contributed by atoms with Gasteiger partial charge in [0.25, 0.3) is 5.91 Å². The number of halogens is 1. The van der Waals surface area contributed by atoms with E-state index in [1.54, 1.807) is 23.0 Å². The molecule has 8 heteroatoms. The molecule has 1 N–H and O–H groups in total. The molecule has 0 radical (unpaired) electrons. The number of aromatic nitrogens is 5. The molecular formula is C22H21ClN6O. The monoisotopic (exact) mass is 420 g/mol. The van der Waals surface area contributed by atoms with E-state index >= 15 is 0 Å². The average molecular weight is 421 g/mol. The topological polar surface area (TPSA) is 77.1 Å². The number of hydrogen-bond acceptors (Lipinski definition) is 4. The van der Waals surface area contributed by atoms with E-state index in [-0.39, 0.29) is 11.3 Å². The number of nitrogens with one attached hydrogen (secondary N) is 1. The first-order valence-electron chi connectivity index (χ1n) is 9.85. The lowest BCUT2D eigenvalue weighted by Crippen LogP contribution is -2.32. The average Bonchev–Trinajstić information content (AvgIpc) is 3.28. The number of amides is 1. The maximum atomic E-state index is 12.9. The first-order chi connectivity index (χ1) is 14.5. The van der Waals surface area contributed by atoms with Gasteiger partial charge in [-0.05, 0) is 37.5 Å². The molecule has 0 atom stereocenters. The van der Waals surface area contributed by atoms with E-state index in [0.717, 1.165) is 40.4 Å². The van der Waals surface area contributed by atoms with E-state index in [2.05, 4.69) is 20.5 Å². The molecule has 0 bridgehead atoms. The van der Waals surface area contributed by atoms with Crippen LogP contribution in [0.5, 0.6) is 0 Å². The van der Waals surface area contributed by atoms with Gasteiger partial charge >= 0.3 is 0 Å². The van der Waals surface area contributed by atoms with Crippen molar-refractivity contribution in [1.82, 2.24) is 29.7 Å². The summed E-state index contributed by atoms with van der Waals surface area (Å²) in [4.78, 5) is 17.2. The highest BCUT2D eigenvalue weighted by Gasteiger charge is 2.45. The molecule has 152 valence electrons. The van der Waals surface area contributed by atoms with Gasteiger partial charge in [-0.2, -0.15) is 10.2 Å². The van der Waals surface area contributed by atoms with Crippen LogP contribution in [0.2, 0.25) is 5.02 Å². The van der Waals surface area contributed by atoms with Gasteiger partial charge < -0.3 is 5.32 Å². The van der Waals surface area contributed by atoms with Gasteiger partial charge in [0.05, 0.1) is 11.9 Å². The summed E-state index contributed by atoms with van der Waals surface area (Å²) in [6.07, 6.45) is 5.53. The van der Waals surface area contributed by atoms with Crippen LogP contribution < -0.4 is 5.32 Å². The molecule has 3 aromatic heterocycles. The second kappa shape index (κ2) is 6.95. The molecule has 0 spiro atoms. The van der Waals surface area contributed by atoms with Crippen LogP contribution in [0.4, 0.5) is 0 Å². The van der Waals surface area contributed by atoms with Crippen molar-refractivity contribution in [3.63, 3.8) is 0 Å². The highest BCUT2D eigenvalue weighted by atomic mass is 35.5. The fourth-order valence-electron chi connectivity index (χ4n) is 3.88. The van der Waals surface area contributed by atoms with Crippen LogP contribution in [-0.4, -0.2) is 36.8 Å². The van der Waals surface area contributed by atoms with E-state index in [4.69, 9.17) is 11.6 Å². The maximum Gasteiger partial charge on any atom is 0.271 e. The molecule has 3 heterocycles. The summed E-state index contributed by atoms with van der Waals surface area (Å²) in [6.45, 7) is 2.53. The lowest BCUT2D eigenvalue weighted by atomic mass is 9.96. The SMILES string of the molecule is Cc1c(-c2ccnc3cc(C(=O)NCC4(c5ccccc5Cl)CC4)nn23)cnn1C. The molecule has 0 aliphatic heterocycles. The summed E-state index contributed by atoms with van der Waals surface area (Å²) >= 11 is 6.38. The number of nitrogens with zero attached hydrogens (tertiary/aromatic N) is 5. The van der Waals surface area contributed by atoms with Crippen molar-refractivity contribution in [2.24, 2.45) is 7.05 Å². The first kappa shape index (κ1) is 18.8. The highest BCUT2D eigenvalue weighted by molar-refractivity contribution is 6.31. The third kappa shape index (κ3) is 3.06. The number of fused-ring (bicyclic) bond motifs is 1. The van der Waals surface area contributed by atoms with Crippen molar-refractivity contribution >= 4 is 23.2 Å². The Morgan fingerprint density at radius 3 is 2.77 bits per heavy atom. The van der Waals surface area contributed by atoms with Crippen molar-refractivity contribution in [2.45, 2.75) is 25.2 Å². The first-order valence-corrected chi connectivity index (χ1v) is 10.2. The second-order valence-corrected chi connectivity index (χ2v) is 8.25. The Balaban J connectivity index is 1.41. The molecule has 4 aromatic rings. The number of carbonyl (C=O) groups excluding carboxylic acids is 1. The number of benzene rings is 1. The smallest absolute Gasteiger partial charge is 0.271 e. The van der Waals surface area contributed by atoms with Gasteiger partial charge in [-0.25, -0.2) is 9.50 Å². The van der Waals surface area contributed by atoms with E-state index in [1.165, 1.54) is 0 Å². The van der Waals surface area contributed by atoms with Crippen LogP contribution in [0.3, 0.4) is 0 Å². The number of aryl methyl sites for hydroxylation is 1. The maximum absolute atomic E-state index is 12.9. The summed E-state index contributed by atoms with van der Waals surface area (Å²) in [5.41, 5.74) is 4.79. The zero-order chi connectivity index (χ0) is 20.9. The molecule has 30 heavy (non-hydrogen) atoms. The summed E-state index contributed by atoms with van der Waals surface area (Å²) in [6, 6.07) is 11.4. The molecule has 7 nitrogen and oxygen atoms in total. The van der Waals surface area contributed by atoms with Gasteiger partial charge in [0.15, 0.2) is 11.3 Å². The summed E-state index contributed by atoms with van der Waals surface area (Å²) in [5.74, 6) is -0.215. The van der Waals surface area contributed by atoms with Gasteiger partial charge in [-0.15, -0.1) is 0 Å². The third-order valence-corrected chi connectivity index (χ3v) is 6.32. The van der Waals surface area contributed by atoms with Gasteiger partial charge in [0, 0.05) is 47.6 Å². The zero-order valence-corrected chi connectivity index (χ0v) is 17.5. The molecule has 1 amide bonds. The Bertz CT molecular complexity index is 1270. The van der Waals surface area contributed by atoms with Crippen LogP contribution in [0, 0.1) is 6.92 Å². The molecular weight excluding hydrogens is 400 g/mol.